The molecule has 0 spiro atoms. The number of hydrogen-bond donors (Lipinski definition) is 0. The van der Waals surface area contributed by atoms with Crippen molar-refractivity contribution >= 4 is 0 Å². The summed E-state index contributed by atoms with van der Waals surface area (Å²) in [6, 6.07) is 14.6. The zero-order valence-electron chi connectivity index (χ0n) is 15.1. The van der Waals surface area contributed by atoms with Crippen LogP contribution in [-0.4, -0.2) is 9.97 Å². The molecular formula is C22H11F4N3O. The predicted molar refractivity (Wildman–Crippen MR) is 100 cm³/mol. The van der Waals surface area contributed by atoms with Gasteiger partial charge in [0.15, 0.2) is 5.82 Å². The van der Waals surface area contributed by atoms with E-state index in [1.807, 2.05) is 0 Å². The third-order valence-corrected chi connectivity index (χ3v) is 4.37. The van der Waals surface area contributed by atoms with Crippen LogP contribution in [0.2, 0.25) is 0 Å². The second-order valence-electron chi connectivity index (χ2n) is 6.36. The standard InChI is InChI=1S/C22H11F4N3O/c23-18-5-4-14(9-17(18)11-27)13-2-1-3-15(8-13)21-28-19(16-6-7-30-12-16)10-20(29-21)22(24,25)26/h1-10,12H. The van der Waals surface area contributed by atoms with Crippen LogP contribution < -0.4 is 0 Å². The van der Waals surface area contributed by atoms with Crippen molar-refractivity contribution in [3.8, 4) is 39.8 Å². The molecule has 0 unspecified atom stereocenters. The molecule has 0 atom stereocenters. The van der Waals surface area contributed by atoms with Crippen molar-refractivity contribution in [3.63, 3.8) is 0 Å². The number of nitrogens with zero attached hydrogens (tertiary/aromatic N) is 3. The maximum absolute atomic E-state index is 13.6. The minimum Gasteiger partial charge on any atom is -0.472 e. The maximum atomic E-state index is 13.6. The molecule has 4 aromatic rings. The fourth-order valence-electron chi connectivity index (χ4n) is 2.91. The van der Waals surface area contributed by atoms with E-state index in [4.69, 9.17) is 9.68 Å². The topological polar surface area (TPSA) is 62.7 Å². The molecule has 0 saturated heterocycles. The molecule has 4 rings (SSSR count). The van der Waals surface area contributed by atoms with E-state index < -0.39 is 17.7 Å². The summed E-state index contributed by atoms with van der Waals surface area (Å²) in [4.78, 5) is 7.95. The molecule has 2 heterocycles. The molecule has 0 aliphatic heterocycles. The molecule has 0 N–H and O–H groups in total. The zero-order chi connectivity index (χ0) is 21.3. The van der Waals surface area contributed by atoms with Gasteiger partial charge in [-0.05, 0) is 41.5 Å². The third kappa shape index (κ3) is 3.78. The lowest BCUT2D eigenvalue weighted by molar-refractivity contribution is -0.141. The van der Waals surface area contributed by atoms with E-state index in [2.05, 4.69) is 9.97 Å². The number of alkyl halides is 3. The van der Waals surface area contributed by atoms with Gasteiger partial charge in [-0.25, -0.2) is 14.4 Å². The molecule has 30 heavy (non-hydrogen) atoms. The first kappa shape index (κ1) is 19.3. The molecule has 2 aromatic heterocycles. The van der Waals surface area contributed by atoms with E-state index in [0.29, 0.717) is 22.3 Å². The van der Waals surface area contributed by atoms with Crippen LogP contribution in [0.15, 0.2) is 71.5 Å². The van der Waals surface area contributed by atoms with Gasteiger partial charge in [-0.3, -0.25) is 0 Å². The van der Waals surface area contributed by atoms with Crippen molar-refractivity contribution in [2.45, 2.75) is 6.18 Å². The Kier molecular flexibility index (Phi) is 4.80. The van der Waals surface area contributed by atoms with Crippen molar-refractivity contribution < 1.29 is 22.0 Å². The molecule has 0 aliphatic rings. The summed E-state index contributed by atoms with van der Waals surface area (Å²) < 4.78 is 58.7. The lowest BCUT2D eigenvalue weighted by Crippen LogP contribution is -2.10. The van der Waals surface area contributed by atoms with Gasteiger partial charge in [0.05, 0.1) is 23.8 Å². The van der Waals surface area contributed by atoms with Crippen molar-refractivity contribution in [1.29, 1.82) is 5.26 Å². The molecule has 0 aliphatic carbocycles. The van der Waals surface area contributed by atoms with Gasteiger partial charge in [-0.1, -0.05) is 24.3 Å². The summed E-state index contributed by atoms with van der Waals surface area (Å²) in [5, 5.41) is 9.03. The number of hydrogen-bond acceptors (Lipinski definition) is 4. The fraction of sp³-hybridized carbons (Fsp3) is 0.0455. The number of furan rings is 1. The number of nitriles is 1. The molecule has 0 bridgehead atoms. The molecule has 0 amide bonds. The zero-order valence-corrected chi connectivity index (χ0v) is 15.1. The minimum absolute atomic E-state index is 0.0695. The minimum atomic E-state index is -4.66. The summed E-state index contributed by atoms with van der Waals surface area (Å²) in [6.45, 7) is 0. The van der Waals surface area contributed by atoms with Gasteiger partial charge in [0.1, 0.15) is 17.6 Å². The van der Waals surface area contributed by atoms with Crippen LogP contribution in [0.1, 0.15) is 11.3 Å². The van der Waals surface area contributed by atoms with Gasteiger partial charge >= 0.3 is 6.18 Å². The lowest BCUT2D eigenvalue weighted by Gasteiger charge is -2.11. The maximum Gasteiger partial charge on any atom is 0.433 e. The summed E-state index contributed by atoms with van der Waals surface area (Å²) >= 11 is 0. The van der Waals surface area contributed by atoms with Gasteiger partial charge in [-0.15, -0.1) is 0 Å². The quantitative estimate of drug-likeness (QED) is 0.384. The summed E-state index contributed by atoms with van der Waals surface area (Å²) in [5.74, 6) is -0.770. The average Bonchev–Trinajstić information content (AvgIpc) is 3.28. The van der Waals surface area contributed by atoms with E-state index in [1.165, 1.54) is 36.8 Å². The highest BCUT2D eigenvalue weighted by Crippen LogP contribution is 2.33. The number of aromatic nitrogens is 2. The highest BCUT2D eigenvalue weighted by molar-refractivity contribution is 5.72. The van der Waals surface area contributed by atoms with Crippen LogP contribution in [0.25, 0.3) is 33.8 Å². The average molecular weight is 409 g/mol. The lowest BCUT2D eigenvalue weighted by atomic mass is 10.0. The molecule has 0 radical (unpaired) electrons. The molecule has 2 aromatic carbocycles. The fourth-order valence-corrected chi connectivity index (χ4v) is 2.91. The highest BCUT2D eigenvalue weighted by atomic mass is 19.4. The molecular weight excluding hydrogens is 398 g/mol. The predicted octanol–water partition coefficient (Wildman–Crippen LogP) is 6.10. The number of benzene rings is 2. The van der Waals surface area contributed by atoms with Crippen LogP contribution in [0.3, 0.4) is 0 Å². The van der Waals surface area contributed by atoms with Crippen molar-refractivity contribution in [1.82, 2.24) is 9.97 Å². The van der Waals surface area contributed by atoms with Crippen LogP contribution >= 0.6 is 0 Å². The second kappa shape index (κ2) is 7.44. The largest absolute Gasteiger partial charge is 0.472 e. The van der Waals surface area contributed by atoms with Gasteiger partial charge in [-0.2, -0.15) is 18.4 Å². The molecule has 4 nitrogen and oxygen atoms in total. The molecule has 0 fully saturated rings. The van der Waals surface area contributed by atoms with Crippen molar-refractivity contribution in [3.05, 3.63) is 84.2 Å². The summed E-state index contributed by atoms with van der Waals surface area (Å²) in [7, 11) is 0. The first-order chi connectivity index (χ1) is 14.3. The first-order valence-corrected chi connectivity index (χ1v) is 8.64. The van der Waals surface area contributed by atoms with Gasteiger partial charge in [0.2, 0.25) is 0 Å². The van der Waals surface area contributed by atoms with Crippen LogP contribution in [0.5, 0.6) is 0 Å². The van der Waals surface area contributed by atoms with E-state index in [9.17, 15) is 17.6 Å². The Morgan fingerprint density at radius 1 is 0.867 bits per heavy atom. The Labute approximate surface area is 168 Å². The van der Waals surface area contributed by atoms with E-state index in [-0.39, 0.29) is 17.1 Å². The monoisotopic (exact) mass is 409 g/mol. The first-order valence-electron chi connectivity index (χ1n) is 8.64. The number of rotatable bonds is 3. The molecule has 148 valence electrons. The van der Waals surface area contributed by atoms with E-state index in [1.54, 1.807) is 30.3 Å². The van der Waals surface area contributed by atoms with E-state index >= 15 is 0 Å². The molecule has 8 heteroatoms. The van der Waals surface area contributed by atoms with Crippen molar-refractivity contribution in [2.75, 3.05) is 0 Å². The summed E-state index contributed by atoms with van der Waals surface area (Å²) in [6.07, 6.45) is -2.02. The van der Waals surface area contributed by atoms with Crippen molar-refractivity contribution in [2.24, 2.45) is 0 Å². The van der Waals surface area contributed by atoms with Crippen LogP contribution in [0.4, 0.5) is 17.6 Å². The third-order valence-electron chi connectivity index (χ3n) is 4.37. The molecule has 0 saturated carbocycles. The van der Waals surface area contributed by atoms with Gasteiger partial charge in [0, 0.05) is 11.1 Å². The Morgan fingerprint density at radius 2 is 1.63 bits per heavy atom. The highest BCUT2D eigenvalue weighted by Gasteiger charge is 2.34. The number of halogens is 4. The Hall–Kier alpha value is -3.99. The van der Waals surface area contributed by atoms with Crippen LogP contribution in [0, 0.1) is 17.1 Å². The van der Waals surface area contributed by atoms with E-state index in [0.717, 1.165) is 6.07 Å². The Balaban J connectivity index is 1.84. The van der Waals surface area contributed by atoms with Gasteiger partial charge in [0.25, 0.3) is 0 Å². The Bertz CT molecular complexity index is 1260. The SMILES string of the molecule is N#Cc1cc(-c2cccc(-c3nc(-c4ccoc4)cc(C(F)(F)F)n3)c2)ccc1F. The second-order valence-corrected chi connectivity index (χ2v) is 6.36. The normalized spacial score (nSPS) is 11.3. The smallest absolute Gasteiger partial charge is 0.433 e. The summed E-state index contributed by atoms with van der Waals surface area (Å²) in [5.41, 5.74) is 0.702. The van der Waals surface area contributed by atoms with Crippen LogP contribution in [-0.2, 0) is 6.18 Å². The van der Waals surface area contributed by atoms with Gasteiger partial charge < -0.3 is 4.42 Å². The Morgan fingerprint density at radius 3 is 2.33 bits per heavy atom.